The van der Waals surface area contributed by atoms with Crippen molar-refractivity contribution in [3.8, 4) is 0 Å². The number of rotatable bonds is 2. The Bertz CT molecular complexity index is 225. The van der Waals surface area contributed by atoms with Crippen LogP contribution in [0.1, 0.15) is 71.6 Å². The van der Waals surface area contributed by atoms with Crippen molar-refractivity contribution in [2.75, 3.05) is 0 Å². The fraction of sp³-hybridized carbons (Fsp3) is 1.00. The summed E-state index contributed by atoms with van der Waals surface area (Å²) in [4.78, 5) is 0. The topological polar surface area (TPSA) is 20.2 Å². The molecular weight excluding hydrogens is 196 g/mol. The van der Waals surface area contributed by atoms with Crippen molar-refractivity contribution in [3.63, 3.8) is 0 Å². The van der Waals surface area contributed by atoms with Crippen LogP contribution in [0.15, 0.2) is 0 Å². The van der Waals surface area contributed by atoms with Crippen molar-refractivity contribution in [1.29, 1.82) is 0 Å². The zero-order valence-electron chi connectivity index (χ0n) is 11.0. The zero-order valence-corrected chi connectivity index (χ0v) is 11.0. The Morgan fingerprint density at radius 1 is 1.12 bits per heavy atom. The number of hydrogen-bond acceptors (Lipinski definition) is 1. The molecule has 1 nitrogen and oxygen atoms in total. The largest absolute Gasteiger partial charge is 0.390 e. The number of hydrogen-bond donors (Lipinski definition) is 1. The highest BCUT2D eigenvalue weighted by Crippen LogP contribution is 2.46. The van der Waals surface area contributed by atoms with E-state index in [1.807, 2.05) is 0 Å². The molecule has 0 bridgehead atoms. The van der Waals surface area contributed by atoms with Crippen LogP contribution in [-0.2, 0) is 0 Å². The van der Waals surface area contributed by atoms with Crippen LogP contribution in [0.2, 0.25) is 0 Å². The van der Waals surface area contributed by atoms with Gasteiger partial charge in [0.1, 0.15) is 0 Å². The monoisotopic (exact) mass is 224 g/mol. The van der Waals surface area contributed by atoms with Gasteiger partial charge in [-0.25, -0.2) is 0 Å². The summed E-state index contributed by atoms with van der Waals surface area (Å²) in [6.07, 6.45) is 11.3. The molecule has 1 heteroatoms. The van der Waals surface area contributed by atoms with Crippen molar-refractivity contribution >= 4 is 0 Å². The van der Waals surface area contributed by atoms with Crippen LogP contribution in [0.5, 0.6) is 0 Å². The smallest absolute Gasteiger partial charge is 0.0681 e. The Morgan fingerprint density at radius 2 is 1.88 bits per heavy atom. The van der Waals surface area contributed by atoms with E-state index >= 15 is 0 Å². The second-order valence-corrected chi connectivity index (χ2v) is 6.36. The summed E-state index contributed by atoms with van der Waals surface area (Å²) < 4.78 is 0. The molecule has 0 amide bonds. The molecule has 4 atom stereocenters. The van der Waals surface area contributed by atoms with Gasteiger partial charge in [0.2, 0.25) is 0 Å². The molecule has 2 rings (SSSR count). The van der Waals surface area contributed by atoms with Gasteiger partial charge in [-0.05, 0) is 37.0 Å². The molecule has 94 valence electrons. The first kappa shape index (κ1) is 12.4. The van der Waals surface area contributed by atoms with Gasteiger partial charge in [-0.2, -0.15) is 0 Å². The predicted octanol–water partition coefficient (Wildman–Crippen LogP) is 4.14. The van der Waals surface area contributed by atoms with E-state index in [-0.39, 0.29) is 5.60 Å². The molecule has 0 spiro atoms. The molecule has 0 aromatic heterocycles. The van der Waals surface area contributed by atoms with Gasteiger partial charge in [-0.3, -0.25) is 0 Å². The molecule has 4 unspecified atom stereocenters. The maximum Gasteiger partial charge on any atom is 0.0681 e. The van der Waals surface area contributed by atoms with E-state index in [1.54, 1.807) is 0 Å². The van der Waals surface area contributed by atoms with Gasteiger partial charge in [0.05, 0.1) is 5.60 Å². The SMILES string of the molecule is CCC1CCCCC1C1(O)CCCC(C)C1. The van der Waals surface area contributed by atoms with Crippen LogP contribution in [0.4, 0.5) is 0 Å². The van der Waals surface area contributed by atoms with Gasteiger partial charge >= 0.3 is 0 Å². The first-order valence-corrected chi connectivity index (χ1v) is 7.38. The van der Waals surface area contributed by atoms with Crippen LogP contribution in [0, 0.1) is 17.8 Å². The highest BCUT2D eigenvalue weighted by molar-refractivity contribution is 4.95. The standard InChI is InChI=1S/C15H28O/c1-3-13-8-4-5-9-14(13)15(16)10-6-7-12(2)11-15/h12-14,16H,3-11H2,1-2H3. The molecule has 0 aromatic rings. The van der Waals surface area contributed by atoms with Crippen molar-refractivity contribution in [2.24, 2.45) is 17.8 Å². The minimum absolute atomic E-state index is 0.307. The lowest BCUT2D eigenvalue weighted by atomic mass is 9.63. The van der Waals surface area contributed by atoms with Crippen LogP contribution >= 0.6 is 0 Å². The van der Waals surface area contributed by atoms with Crippen LogP contribution in [-0.4, -0.2) is 10.7 Å². The lowest BCUT2D eigenvalue weighted by molar-refractivity contribution is -0.0939. The van der Waals surface area contributed by atoms with Crippen molar-refractivity contribution in [2.45, 2.75) is 77.2 Å². The lowest BCUT2D eigenvalue weighted by Crippen LogP contribution is -2.46. The van der Waals surface area contributed by atoms with Gasteiger partial charge in [0.15, 0.2) is 0 Å². The summed E-state index contributed by atoms with van der Waals surface area (Å²) in [7, 11) is 0. The van der Waals surface area contributed by atoms with Gasteiger partial charge in [0.25, 0.3) is 0 Å². The average Bonchev–Trinajstić information content (AvgIpc) is 2.29. The molecule has 0 radical (unpaired) electrons. The summed E-state index contributed by atoms with van der Waals surface area (Å²) in [5, 5.41) is 11.0. The third-order valence-electron chi connectivity index (χ3n) is 5.13. The number of aliphatic hydroxyl groups is 1. The fourth-order valence-corrected chi connectivity index (χ4v) is 4.30. The third kappa shape index (κ3) is 2.45. The molecule has 2 aliphatic rings. The van der Waals surface area contributed by atoms with Gasteiger partial charge in [0, 0.05) is 0 Å². The highest BCUT2D eigenvalue weighted by Gasteiger charge is 2.43. The molecule has 2 fully saturated rings. The quantitative estimate of drug-likeness (QED) is 0.747. The van der Waals surface area contributed by atoms with Crippen molar-refractivity contribution in [3.05, 3.63) is 0 Å². The molecule has 16 heavy (non-hydrogen) atoms. The molecule has 0 aromatic carbocycles. The van der Waals surface area contributed by atoms with Gasteiger partial charge in [-0.15, -0.1) is 0 Å². The normalized spacial score (nSPS) is 45.6. The molecule has 0 aliphatic heterocycles. The summed E-state index contributed by atoms with van der Waals surface area (Å²) >= 11 is 0. The lowest BCUT2D eigenvalue weighted by Gasteiger charge is -2.46. The van der Waals surface area contributed by atoms with E-state index in [9.17, 15) is 5.11 Å². The minimum atomic E-state index is -0.307. The third-order valence-corrected chi connectivity index (χ3v) is 5.13. The summed E-state index contributed by atoms with van der Waals surface area (Å²) in [5.41, 5.74) is -0.307. The average molecular weight is 224 g/mol. The highest BCUT2D eigenvalue weighted by atomic mass is 16.3. The van der Waals surface area contributed by atoms with E-state index in [0.29, 0.717) is 5.92 Å². The molecule has 1 N–H and O–H groups in total. The Morgan fingerprint density at radius 3 is 2.56 bits per heavy atom. The molecular formula is C15H28O. The second kappa shape index (κ2) is 5.08. The van der Waals surface area contributed by atoms with Crippen LogP contribution in [0.25, 0.3) is 0 Å². The van der Waals surface area contributed by atoms with Crippen LogP contribution in [0.3, 0.4) is 0 Å². The molecule has 2 aliphatic carbocycles. The van der Waals surface area contributed by atoms with Crippen molar-refractivity contribution in [1.82, 2.24) is 0 Å². The summed E-state index contributed by atoms with van der Waals surface area (Å²) in [6.45, 7) is 4.62. The fourth-order valence-electron chi connectivity index (χ4n) is 4.30. The van der Waals surface area contributed by atoms with E-state index in [0.717, 1.165) is 24.7 Å². The Kier molecular flexibility index (Phi) is 3.94. The Hall–Kier alpha value is -0.0400. The van der Waals surface area contributed by atoms with E-state index in [1.165, 1.54) is 44.9 Å². The van der Waals surface area contributed by atoms with Gasteiger partial charge in [-0.1, -0.05) is 52.4 Å². The van der Waals surface area contributed by atoms with Crippen LogP contribution < -0.4 is 0 Å². The Balaban J connectivity index is 2.07. The Labute approximate surface area is 101 Å². The first-order valence-electron chi connectivity index (χ1n) is 7.38. The summed E-state index contributed by atoms with van der Waals surface area (Å²) in [6, 6.07) is 0. The maximum absolute atomic E-state index is 11.0. The minimum Gasteiger partial charge on any atom is -0.390 e. The van der Waals surface area contributed by atoms with E-state index < -0.39 is 0 Å². The maximum atomic E-state index is 11.0. The van der Waals surface area contributed by atoms with E-state index in [4.69, 9.17) is 0 Å². The molecule has 0 heterocycles. The molecule has 0 saturated heterocycles. The van der Waals surface area contributed by atoms with Gasteiger partial charge < -0.3 is 5.11 Å². The molecule has 2 saturated carbocycles. The summed E-state index contributed by atoms with van der Waals surface area (Å²) in [5.74, 6) is 2.14. The first-order chi connectivity index (χ1) is 7.65. The van der Waals surface area contributed by atoms with E-state index in [2.05, 4.69) is 13.8 Å². The zero-order chi connectivity index (χ0) is 11.6. The second-order valence-electron chi connectivity index (χ2n) is 6.36. The van der Waals surface area contributed by atoms with Crippen molar-refractivity contribution < 1.29 is 5.11 Å². The predicted molar refractivity (Wildman–Crippen MR) is 68.3 cm³/mol.